The van der Waals surface area contributed by atoms with Crippen molar-refractivity contribution in [3.8, 4) is 17.0 Å². The number of aliphatic imine (C=N–C) groups is 1. The van der Waals surface area contributed by atoms with Crippen molar-refractivity contribution in [2.24, 2.45) is 16.5 Å². The second-order valence-corrected chi connectivity index (χ2v) is 5.87. The molecule has 1 amide bonds. The van der Waals surface area contributed by atoms with Gasteiger partial charge < -0.3 is 21.1 Å². The van der Waals surface area contributed by atoms with Crippen molar-refractivity contribution >= 4 is 45.6 Å². The Morgan fingerprint density at radius 2 is 2.27 bits per heavy atom. The van der Waals surface area contributed by atoms with Crippen LogP contribution in [0.3, 0.4) is 0 Å². The number of amides is 1. The number of carbonyl (C=O) groups is 1. The molecule has 114 valence electrons. The molecule has 2 aromatic rings. The van der Waals surface area contributed by atoms with Gasteiger partial charge in [-0.1, -0.05) is 11.6 Å². The monoisotopic (exact) mass is 337 g/mol. The summed E-state index contributed by atoms with van der Waals surface area (Å²) < 4.78 is 5.57. The van der Waals surface area contributed by atoms with Crippen LogP contribution in [0.15, 0.2) is 22.5 Å². The quantitative estimate of drug-likeness (QED) is 0.641. The fraction of sp³-hybridized carbons (Fsp3) is 0.154. The lowest BCUT2D eigenvalue weighted by Gasteiger charge is -2.27. The van der Waals surface area contributed by atoms with Gasteiger partial charge in [0.15, 0.2) is 18.3 Å². The Labute approximate surface area is 135 Å². The van der Waals surface area contributed by atoms with Crippen LogP contribution in [-0.2, 0) is 4.79 Å². The highest BCUT2D eigenvalue weighted by Gasteiger charge is 2.26. The number of carbonyl (C=O) groups excluding carboxylic acids is 1. The number of benzene rings is 1. The van der Waals surface area contributed by atoms with Gasteiger partial charge in [0, 0.05) is 23.0 Å². The number of halogens is 1. The van der Waals surface area contributed by atoms with Gasteiger partial charge in [0.05, 0.1) is 11.4 Å². The van der Waals surface area contributed by atoms with E-state index in [-0.39, 0.29) is 18.5 Å². The van der Waals surface area contributed by atoms with Crippen molar-refractivity contribution in [1.29, 1.82) is 0 Å². The zero-order valence-electron chi connectivity index (χ0n) is 11.5. The Balaban J connectivity index is 2.12. The molecule has 0 fully saturated rings. The summed E-state index contributed by atoms with van der Waals surface area (Å²) in [5, 5.41) is 2.72. The van der Waals surface area contributed by atoms with Crippen LogP contribution in [0.2, 0.25) is 5.02 Å². The number of nitrogens with two attached hydrogens (primary N) is 2. The van der Waals surface area contributed by atoms with E-state index in [0.29, 0.717) is 32.8 Å². The molecule has 7 nitrogen and oxygen atoms in total. The molecule has 22 heavy (non-hydrogen) atoms. The van der Waals surface area contributed by atoms with Gasteiger partial charge in [-0.25, -0.2) is 4.98 Å². The minimum atomic E-state index is -0.139. The molecule has 1 aromatic carbocycles. The van der Waals surface area contributed by atoms with Crippen molar-refractivity contribution in [3.05, 3.63) is 22.5 Å². The number of fused-ring (bicyclic) bond motifs is 1. The first-order chi connectivity index (χ1) is 10.5. The maximum Gasteiger partial charge on any atom is 0.264 e. The average Bonchev–Trinajstić information content (AvgIpc) is 2.90. The Morgan fingerprint density at radius 1 is 1.50 bits per heavy atom. The molecule has 2 heterocycles. The predicted molar refractivity (Wildman–Crippen MR) is 86.9 cm³/mol. The lowest BCUT2D eigenvalue weighted by atomic mass is 10.1. The molecule has 0 spiro atoms. The lowest BCUT2D eigenvalue weighted by molar-refractivity contribution is -0.120. The van der Waals surface area contributed by atoms with Crippen molar-refractivity contribution in [2.45, 2.75) is 0 Å². The number of likely N-dealkylation sites (N-methyl/N-ethyl adjacent to an activating group) is 1. The van der Waals surface area contributed by atoms with Crippen LogP contribution in [0.1, 0.15) is 0 Å². The molecular formula is C13H12ClN5O2S. The lowest BCUT2D eigenvalue weighted by Crippen LogP contribution is -2.35. The number of ether oxygens (including phenoxy) is 1. The van der Waals surface area contributed by atoms with Gasteiger partial charge >= 0.3 is 0 Å². The second kappa shape index (κ2) is 5.47. The van der Waals surface area contributed by atoms with Crippen LogP contribution in [-0.4, -0.2) is 30.5 Å². The van der Waals surface area contributed by atoms with Gasteiger partial charge in [-0.2, -0.15) is 4.99 Å². The molecule has 1 aliphatic heterocycles. The van der Waals surface area contributed by atoms with Gasteiger partial charge in [-0.15, -0.1) is 11.3 Å². The highest BCUT2D eigenvalue weighted by atomic mass is 35.5. The standard InChI is InChI=1S/C13H12ClN5O2S/c1-19-9-3-6(14)2-7(11(9)21-4-10(19)20)8-5-22-13(17-8)18-12(15)16/h2-3,5H,4H2,1H3,(H4,15,16,17,18). The minimum absolute atomic E-state index is 0.0248. The van der Waals surface area contributed by atoms with Gasteiger partial charge in [-0.3, -0.25) is 4.79 Å². The average molecular weight is 338 g/mol. The smallest absolute Gasteiger partial charge is 0.264 e. The van der Waals surface area contributed by atoms with Gasteiger partial charge in [0.2, 0.25) is 5.13 Å². The van der Waals surface area contributed by atoms with Gasteiger partial charge in [0.25, 0.3) is 5.91 Å². The summed E-state index contributed by atoms with van der Waals surface area (Å²) in [6.45, 7) is -0.0248. The van der Waals surface area contributed by atoms with E-state index in [1.807, 2.05) is 0 Å². The molecule has 1 aromatic heterocycles. The van der Waals surface area contributed by atoms with Gasteiger partial charge in [0.1, 0.15) is 0 Å². The second-order valence-electron chi connectivity index (χ2n) is 4.60. The summed E-state index contributed by atoms with van der Waals surface area (Å²) in [7, 11) is 1.68. The largest absolute Gasteiger partial charge is 0.481 e. The summed E-state index contributed by atoms with van der Waals surface area (Å²) in [4.78, 5) is 21.5. The number of rotatable bonds is 2. The number of hydrogen-bond acceptors (Lipinski definition) is 5. The summed E-state index contributed by atoms with van der Waals surface area (Å²) >= 11 is 7.44. The first-order valence-electron chi connectivity index (χ1n) is 6.24. The molecule has 9 heteroatoms. The molecule has 0 saturated carbocycles. The number of guanidine groups is 1. The normalized spacial score (nSPS) is 13.5. The Morgan fingerprint density at radius 3 is 3.00 bits per heavy atom. The first-order valence-corrected chi connectivity index (χ1v) is 7.50. The van der Waals surface area contributed by atoms with E-state index in [1.165, 1.54) is 16.2 Å². The summed E-state index contributed by atoms with van der Waals surface area (Å²) in [5.74, 6) is 0.365. The molecular weight excluding hydrogens is 326 g/mol. The number of thiazole rings is 1. The predicted octanol–water partition coefficient (Wildman–Crippen LogP) is 1.72. The minimum Gasteiger partial charge on any atom is -0.481 e. The number of anilines is 1. The molecule has 0 atom stereocenters. The van der Waals surface area contributed by atoms with Gasteiger partial charge in [-0.05, 0) is 12.1 Å². The molecule has 0 aliphatic carbocycles. The third-order valence-corrected chi connectivity index (χ3v) is 4.06. The molecule has 0 unspecified atom stereocenters. The summed E-state index contributed by atoms with van der Waals surface area (Å²) in [6, 6.07) is 3.42. The first kappa shape index (κ1) is 14.6. The highest BCUT2D eigenvalue weighted by Crippen LogP contribution is 2.43. The molecule has 0 bridgehead atoms. The maximum atomic E-state index is 11.7. The zero-order chi connectivity index (χ0) is 15.9. The molecule has 1 aliphatic rings. The van der Waals surface area contributed by atoms with E-state index in [4.69, 9.17) is 27.8 Å². The topological polar surface area (TPSA) is 107 Å². The summed E-state index contributed by atoms with van der Waals surface area (Å²) in [6.07, 6.45) is 0. The van der Waals surface area contributed by atoms with Crippen LogP contribution < -0.4 is 21.1 Å². The third kappa shape index (κ3) is 2.58. The van der Waals surface area contributed by atoms with Crippen LogP contribution in [0.4, 0.5) is 10.8 Å². The number of hydrogen-bond donors (Lipinski definition) is 2. The van der Waals surface area contributed by atoms with Crippen LogP contribution >= 0.6 is 22.9 Å². The molecule has 0 saturated heterocycles. The van der Waals surface area contributed by atoms with E-state index in [2.05, 4.69) is 9.98 Å². The Kier molecular flexibility index (Phi) is 3.63. The Hall–Kier alpha value is -2.32. The SMILES string of the molecule is CN1C(=O)COc2c(-c3csc(N=C(N)N)n3)cc(Cl)cc21. The Bertz CT molecular complexity index is 785. The maximum absolute atomic E-state index is 11.7. The third-order valence-electron chi connectivity index (χ3n) is 3.10. The highest BCUT2D eigenvalue weighted by molar-refractivity contribution is 7.13. The molecule has 4 N–H and O–H groups in total. The van der Waals surface area contributed by atoms with E-state index in [9.17, 15) is 4.79 Å². The molecule has 0 radical (unpaired) electrons. The van der Waals surface area contributed by atoms with E-state index in [0.717, 1.165) is 0 Å². The van der Waals surface area contributed by atoms with Crippen molar-refractivity contribution in [1.82, 2.24) is 4.98 Å². The summed E-state index contributed by atoms with van der Waals surface area (Å²) in [5.41, 5.74) is 12.6. The fourth-order valence-electron chi connectivity index (χ4n) is 2.09. The fourth-order valence-corrected chi connectivity index (χ4v) is 3.00. The van der Waals surface area contributed by atoms with Crippen molar-refractivity contribution in [3.63, 3.8) is 0 Å². The molecule has 3 rings (SSSR count). The van der Waals surface area contributed by atoms with E-state index < -0.39 is 0 Å². The zero-order valence-corrected chi connectivity index (χ0v) is 13.1. The van der Waals surface area contributed by atoms with Crippen molar-refractivity contribution < 1.29 is 9.53 Å². The van der Waals surface area contributed by atoms with Crippen LogP contribution in [0.5, 0.6) is 5.75 Å². The number of nitrogens with zero attached hydrogens (tertiary/aromatic N) is 3. The van der Waals surface area contributed by atoms with Crippen LogP contribution in [0.25, 0.3) is 11.3 Å². The van der Waals surface area contributed by atoms with Crippen LogP contribution in [0, 0.1) is 0 Å². The van der Waals surface area contributed by atoms with Crippen molar-refractivity contribution in [2.75, 3.05) is 18.6 Å². The number of aromatic nitrogens is 1. The van der Waals surface area contributed by atoms with E-state index >= 15 is 0 Å². The van der Waals surface area contributed by atoms with E-state index in [1.54, 1.807) is 24.6 Å².